The smallest absolute Gasteiger partial charge is 0.248 e. The molecule has 0 aliphatic heterocycles. The highest BCUT2D eigenvalue weighted by atomic mass is 16.1. The molecule has 0 unspecified atom stereocenters. The van der Waals surface area contributed by atoms with E-state index in [0.29, 0.717) is 24.1 Å². The molecule has 156 valence electrons. The van der Waals surface area contributed by atoms with Crippen LogP contribution in [-0.4, -0.2) is 23.2 Å². The van der Waals surface area contributed by atoms with Gasteiger partial charge >= 0.3 is 0 Å². The Kier molecular flexibility index (Phi) is 5.69. The predicted octanol–water partition coefficient (Wildman–Crippen LogP) is 4.20. The fourth-order valence-electron chi connectivity index (χ4n) is 3.91. The summed E-state index contributed by atoms with van der Waals surface area (Å²) in [6.07, 6.45) is 2.50. The standard InChI is InChI=1S/C26H25N3O2/c1-26(20-7-3-2-4-8-20,24(30)22-17-28-23-10-6-5-9-21(22)23)29-16-15-18-11-13-19(14-12-18)25(27)31/h2-14,17,28-29H,15-16H2,1H3,(H2,27,31)/t26-/m0/s1. The van der Waals surface area contributed by atoms with Crippen molar-refractivity contribution in [3.05, 3.63) is 107 Å². The van der Waals surface area contributed by atoms with Crippen molar-refractivity contribution < 1.29 is 9.59 Å². The number of primary amides is 1. The highest BCUT2D eigenvalue weighted by Gasteiger charge is 2.36. The van der Waals surface area contributed by atoms with Crippen LogP contribution in [0.3, 0.4) is 0 Å². The minimum Gasteiger partial charge on any atom is -0.366 e. The number of hydrogen-bond donors (Lipinski definition) is 3. The van der Waals surface area contributed by atoms with Crippen molar-refractivity contribution in [1.29, 1.82) is 0 Å². The Morgan fingerprint density at radius 3 is 2.32 bits per heavy atom. The van der Waals surface area contributed by atoms with Gasteiger partial charge in [-0.05, 0) is 42.7 Å². The number of H-pyrrole nitrogens is 1. The van der Waals surface area contributed by atoms with Gasteiger partial charge in [-0.3, -0.25) is 9.59 Å². The number of Topliss-reactive ketones (excluding diaryl/α,β-unsaturated/α-hetero) is 1. The zero-order valence-corrected chi connectivity index (χ0v) is 17.4. The van der Waals surface area contributed by atoms with E-state index in [1.165, 1.54) is 0 Å². The summed E-state index contributed by atoms with van der Waals surface area (Å²) in [7, 11) is 0. The molecule has 1 aromatic heterocycles. The molecule has 0 aliphatic rings. The Bertz CT molecular complexity index is 1210. The number of ketones is 1. The molecule has 5 nitrogen and oxygen atoms in total. The Morgan fingerprint density at radius 1 is 0.935 bits per heavy atom. The normalized spacial score (nSPS) is 13.1. The number of fused-ring (bicyclic) bond motifs is 1. The molecule has 0 spiro atoms. The van der Waals surface area contributed by atoms with E-state index in [0.717, 1.165) is 22.0 Å². The summed E-state index contributed by atoms with van der Waals surface area (Å²) in [5.41, 5.74) is 8.49. The van der Waals surface area contributed by atoms with Crippen molar-refractivity contribution in [3.63, 3.8) is 0 Å². The molecule has 1 atom stereocenters. The van der Waals surface area contributed by atoms with E-state index in [1.807, 2.05) is 73.7 Å². The van der Waals surface area contributed by atoms with Crippen molar-refractivity contribution in [1.82, 2.24) is 10.3 Å². The molecular weight excluding hydrogens is 386 g/mol. The van der Waals surface area contributed by atoms with E-state index in [2.05, 4.69) is 10.3 Å². The maximum Gasteiger partial charge on any atom is 0.248 e. The summed E-state index contributed by atoms with van der Waals surface area (Å²) in [6.45, 7) is 2.53. The van der Waals surface area contributed by atoms with Gasteiger partial charge in [0.25, 0.3) is 0 Å². The molecule has 3 aromatic carbocycles. The molecule has 0 aliphatic carbocycles. The lowest BCUT2D eigenvalue weighted by Crippen LogP contribution is -2.47. The molecule has 0 saturated carbocycles. The topological polar surface area (TPSA) is 88.0 Å². The van der Waals surface area contributed by atoms with E-state index in [9.17, 15) is 9.59 Å². The van der Waals surface area contributed by atoms with Crippen LogP contribution in [0.5, 0.6) is 0 Å². The van der Waals surface area contributed by atoms with E-state index >= 15 is 0 Å². The molecular formula is C26H25N3O2. The number of nitrogens with one attached hydrogen (secondary N) is 2. The lowest BCUT2D eigenvalue weighted by Gasteiger charge is -2.30. The summed E-state index contributed by atoms with van der Waals surface area (Å²) >= 11 is 0. The average Bonchev–Trinajstić information content (AvgIpc) is 3.23. The van der Waals surface area contributed by atoms with Gasteiger partial charge in [0.1, 0.15) is 5.54 Å². The summed E-state index contributed by atoms with van der Waals surface area (Å²) < 4.78 is 0. The van der Waals surface area contributed by atoms with Crippen molar-refractivity contribution in [2.24, 2.45) is 5.73 Å². The Balaban J connectivity index is 1.59. The first-order valence-corrected chi connectivity index (χ1v) is 10.3. The third-order valence-electron chi connectivity index (χ3n) is 5.77. The van der Waals surface area contributed by atoms with Gasteiger partial charge in [-0.25, -0.2) is 0 Å². The third-order valence-corrected chi connectivity index (χ3v) is 5.77. The van der Waals surface area contributed by atoms with Crippen LogP contribution in [0, 0.1) is 0 Å². The van der Waals surface area contributed by atoms with Crippen LogP contribution < -0.4 is 11.1 Å². The molecule has 5 heteroatoms. The number of para-hydroxylation sites is 1. The number of amides is 1. The van der Waals surface area contributed by atoms with E-state index < -0.39 is 11.4 Å². The molecule has 4 aromatic rings. The highest BCUT2D eigenvalue weighted by Crippen LogP contribution is 2.29. The number of carbonyl (C=O) groups is 2. The Morgan fingerprint density at radius 2 is 1.61 bits per heavy atom. The number of hydrogen-bond acceptors (Lipinski definition) is 3. The summed E-state index contributed by atoms with van der Waals surface area (Å²) in [5, 5.41) is 4.41. The quantitative estimate of drug-likeness (QED) is 0.380. The van der Waals surface area contributed by atoms with Gasteiger partial charge in [0, 0.05) is 34.8 Å². The van der Waals surface area contributed by atoms with E-state index in [-0.39, 0.29) is 5.78 Å². The first-order valence-electron chi connectivity index (χ1n) is 10.3. The molecule has 1 amide bonds. The van der Waals surface area contributed by atoms with Gasteiger partial charge in [-0.15, -0.1) is 0 Å². The van der Waals surface area contributed by atoms with Gasteiger partial charge in [0.05, 0.1) is 0 Å². The monoisotopic (exact) mass is 411 g/mol. The predicted molar refractivity (Wildman–Crippen MR) is 123 cm³/mol. The van der Waals surface area contributed by atoms with Gasteiger partial charge in [0.2, 0.25) is 5.91 Å². The van der Waals surface area contributed by atoms with Crippen LogP contribution in [0.2, 0.25) is 0 Å². The molecule has 0 fully saturated rings. The third kappa shape index (κ3) is 4.13. The van der Waals surface area contributed by atoms with E-state index in [4.69, 9.17) is 5.73 Å². The second-order valence-corrected chi connectivity index (χ2v) is 7.81. The molecule has 0 bridgehead atoms. The zero-order chi connectivity index (χ0) is 21.8. The molecule has 4 N–H and O–H groups in total. The Hall–Kier alpha value is -3.70. The minimum absolute atomic E-state index is 0.0141. The molecule has 4 rings (SSSR count). The van der Waals surface area contributed by atoms with Gasteiger partial charge < -0.3 is 16.0 Å². The molecule has 1 heterocycles. The summed E-state index contributed by atoms with van der Waals surface area (Å²) in [5.74, 6) is -0.425. The Labute approximate surface area is 181 Å². The summed E-state index contributed by atoms with van der Waals surface area (Å²) in [6, 6.07) is 24.8. The van der Waals surface area contributed by atoms with Crippen LogP contribution in [0.1, 0.15) is 38.8 Å². The van der Waals surface area contributed by atoms with Crippen LogP contribution in [0.25, 0.3) is 10.9 Å². The minimum atomic E-state index is -0.889. The highest BCUT2D eigenvalue weighted by molar-refractivity contribution is 6.12. The molecule has 31 heavy (non-hydrogen) atoms. The maximum absolute atomic E-state index is 13.8. The molecule has 0 saturated heterocycles. The fourth-order valence-corrected chi connectivity index (χ4v) is 3.91. The lowest BCUT2D eigenvalue weighted by molar-refractivity contribution is 0.0866. The van der Waals surface area contributed by atoms with Gasteiger partial charge in [-0.1, -0.05) is 60.7 Å². The zero-order valence-electron chi connectivity index (χ0n) is 17.4. The maximum atomic E-state index is 13.8. The number of aromatic amines is 1. The second-order valence-electron chi connectivity index (χ2n) is 7.81. The number of carbonyl (C=O) groups excluding carboxylic acids is 2. The molecule has 0 radical (unpaired) electrons. The van der Waals surface area contributed by atoms with Crippen LogP contribution in [-0.2, 0) is 12.0 Å². The summed E-state index contributed by atoms with van der Waals surface area (Å²) in [4.78, 5) is 28.2. The lowest BCUT2D eigenvalue weighted by atomic mass is 9.84. The van der Waals surface area contributed by atoms with Crippen molar-refractivity contribution in [2.45, 2.75) is 18.9 Å². The first kappa shape index (κ1) is 20.6. The first-order chi connectivity index (χ1) is 15.0. The average molecular weight is 412 g/mol. The largest absolute Gasteiger partial charge is 0.366 e. The van der Waals surface area contributed by atoms with Crippen LogP contribution in [0.15, 0.2) is 85.1 Å². The van der Waals surface area contributed by atoms with Crippen LogP contribution in [0.4, 0.5) is 0 Å². The van der Waals surface area contributed by atoms with Crippen molar-refractivity contribution in [2.75, 3.05) is 6.54 Å². The van der Waals surface area contributed by atoms with Gasteiger partial charge in [0.15, 0.2) is 5.78 Å². The second kappa shape index (κ2) is 8.58. The van der Waals surface area contributed by atoms with Crippen molar-refractivity contribution in [3.8, 4) is 0 Å². The van der Waals surface area contributed by atoms with Gasteiger partial charge in [-0.2, -0.15) is 0 Å². The number of rotatable bonds is 8. The SMILES string of the molecule is C[C@@](NCCc1ccc(C(N)=O)cc1)(C(=O)c1c[nH]c2ccccc12)c1ccccc1. The number of benzene rings is 3. The van der Waals surface area contributed by atoms with E-state index in [1.54, 1.807) is 18.3 Å². The van der Waals surface area contributed by atoms with Crippen LogP contribution >= 0.6 is 0 Å². The van der Waals surface area contributed by atoms with Crippen molar-refractivity contribution >= 4 is 22.6 Å². The number of aromatic nitrogens is 1. The number of nitrogens with two attached hydrogens (primary N) is 1. The fraction of sp³-hybridized carbons (Fsp3) is 0.154.